The Kier molecular flexibility index (Phi) is 3.93. The second kappa shape index (κ2) is 5.20. The molecule has 0 aliphatic carbocycles. The van der Waals surface area contributed by atoms with Gasteiger partial charge in [0.05, 0.1) is 12.1 Å². The van der Waals surface area contributed by atoms with Gasteiger partial charge in [-0.15, -0.1) is 5.10 Å². The number of aliphatic carboxylic acids is 1. The van der Waals surface area contributed by atoms with Crippen molar-refractivity contribution in [2.24, 2.45) is 5.92 Å². The van der Waals surface area contributed by atoms with E-state index in [0.717, 1.165) is 5.56 Å². The second-order valence-electron chi connectivity index (χ2n) is 3.57. The first-order valence-corrected chi connectivity index (χ1v) is 4.81. The molecular formula is C10H13N3O3. The van der Waals surface area contributed by atoms with Crippen molar-refractivity contribution in [3.8, 4) is 0 Å². The van der Waals surface area contributed by atoms with Crippen LogP contribution in [-0.4, -0.2) is 33.7 Å². The average molecular weight is 223 g/mol. The number of aryl methyl sites for hydroxylation is 1. The number of carboxylic acid groups (broad SMARTS) is 1. The van der Waals surface area contributed by atoms with Gasteiger partial charge in [-0.05, 0) is 18.6 Å². The van der Waals surface area contributed by atoms with Gasteiger partial charge in [-0.3, -0.25) is 9.59 Å². The molecule has 1 aromatic rings. The van der Waals surface area contributed by atoms with Crippen LogP contribution in [0.25, 0.3) is 0 Å². The molecule has 0 bridgehead atoms. The minimum Gasteiger partial charge on any atom is -0.481 e. The lowest BCUT2D eigenvalue weighted by Crippen LogP contribution is -2.32. The van der Waals surface area contributed by atoms with Gasteiger partial charge in [0.15, 0.2) is 5.69 Å². The van der Waals surface area contributed by atoms with Gasteiger partial charge >= 0.3 is 5.97 Å². The van der Waals surface area contributed by atoms with Crippen LogP contribution in [0.5, 0.6) is 0 Å². The van der Waals surface area contributed by atoms with E-state index in [1.165, 1.54) is 13.1 Å². The first-order valence-electron chi connectivity index (χ1n) is 4.81. The highest BCUT2D eigenvalue weighted by Gasteiger charge is 2.13. The molecule has 1 unspecified atom stereocenters. The molecule has 0 saturated carbocycles. The number of nitrogens with one attached hydrogen (secondary N) is 1. The van der Waals surface area contributed by atoms with Gasteiger partial charge in [0.2, 0.25) is 0 Å². The highest BCUT2D eigenvalue weighted by molar-refractivity contribution is 5.92. The van der Waals surface area contributed by atoms with E-state index in [1.54, 1.807) is 13.0 Å². The maximum absolute atomic E-state index is 11.5. The predicted molar refractivity (Wildman–Crippen MR) is 55.9 cm³/mol. The van der Waals surface area contributed by atoms with Crippen molar-refractivity contribution in [3.63, 3.8) is 0 Å². The first kappa shape index (κ1) is 12.1. The van der Waals surface area contributed by atoms with Crippen molar-refractivity contribution in [2.45, 2.75) is 13.8 Å². The van der Waals surface area contributed by atoms with Crippen LogP contribution in [0.4, 0.5) is 0 Å². The second-order valence-corrected chi connectivity index (χ2v) is 3.57. The van der Waals surface area contributed by atoms with E-state index in [9.17, 15) is 9.59 Å². The molecule has 1 heterocycles. The minimum absolute atomic E-state index is 0.0732. The summed E-state index contributed by atoms with van der Waals surface area (Å²) in [6, 6.07) is 1.59. The van der Waals surface area contributed by atoms with Gasteiger partial charge in [-0.1, -0.05) is 6.92 Å². The summed E-state index contributed by atoms with van der Waals surface area (Å²) in [7, 11) is 0. The smallest absolute Gasteiger partial charge is 0.308 e. The molecule has 1 amide bonds. The number of amides is 1. The molecule has 6 heteroatoms. The lowest BCUT2D eigenvalue weighted by atomic mass is 10.2. The number of carbonyl (C=O) groups excluding carboxylic acids is 1. The normalized spacial score (nSPS) is 11.9. The Morgan fingerprint density at radius 1 is 1.56 bits per heavy atom. The summed E-state index contributed by atoms with van der Waals surface area (Å²) < 4.78 is 0. The topological polar surface area (TPSA) is 92.2 Å². The number of hydrogen-bond acceptors (Lipinski definition) is 4. The molecule has 0 aliphatic rings. The zero-order valence-electron chi connectivity index (χ0n) is 9.10. The molecule has 1 rings (SSSR count). The largest absolute Gasteiger partial charge is 0.481 e. The van der Waals surface area contributed by atoms with E-state index in [2.05, 4.69) is 15.5 Å². The number of aromatic nitrogens is 2. The molecular weight excluding hydrogens is 210 g/mol. The minimum atomic E-state index is -0.948. The van der Waals surface area contributed by atoms with Crippen molar-refractivity contribution in [2.75, 3.05) is 6.54 Å². The fourth-order valence-corrected chi connectivity index (χ4v) is 0.999. The van der Waals surface area contributed by atoms with Crippen LogP contribution >= 0.6 is 0 Å². The van der Waals surface area contributed by atoms with Crippen molar-refractivity contribution < 1.29 is 14.7 Å². The molecule has 0 fully saturated rings. The summed E-state index contributed by atoms with van der Waals surface area (Å²) in [6.45, 7) is 3.39. The van der Waals surface area contributed by atoms with E-state index in [-0.39, 0.29) is 12.2 Å². The Hall–Kier alpha value is -1.98. The lowest BCUT2D eigenvalue weighted by Gasteiger charge is -2.07. The molecule has 86 valence electrons. The molecule has 16 heavy (non-hydrogen) atoms. The van der Waals surface area contributed by atoms with Gasteiger partial charge in [-0.2, -0.15) is 5.10 Å². The summed E-state index contributed by atoms with van der Waals surface area (Å²) >= 11 is 0. The zero-order valence-corrected chi connectivity index (χ0v) is 9.10. The third-order valence-corrected chi connectivity index (χ3v) is 2.01. The molecule has 0 radical (unpaired) electrons. The summed E-state index contributed by atoms with van der Waals surface area (Å²) in [5.41, 5.74) is 1.02. The average Bonchev–Trinajstić information content (AvgIpc) is 2.25. The molecule has 0 aliphatic heterocycles. The molecule has 0 saturated heterocycles. The fraction of sp³-hybridized carbons (Fsp3) is 0.400. The summed E-state index contributed by atoms with van der Waals surface area (Å²) in [5.74, 6) is -1.98. The van der Waals surface area contributed by atoms with E-state index >= 15 is 0 Å². The number of hydrogen-bond donors (Lipinski definition) is 2. The van der Waals surface area contributed by atoms with Crippen molar-refractivity contribution in [1.29, 1.82) is 0 Å². The highest BCUT2D eigenvalue weighted by Crippen LogP contribution is 1.98. The Morgan fingerprint density at radius 2 is 2.25 bits per heavy atom. The quantitative estimate of drug-likeness (QED) is 0.762. The fourth-order valence-electron chi connectivity index (χ4n) is 0.999. The van der Waals surface area contributed by atoms with Crippen LogP contribution in [0.3, 0.4) is 0 Å². The standard InChI is InChI=1S/C10H13N3O3/c1-6-3-8(13-12-4-6)9(14)11-5-7(2)10(15)16/h3-4,7H,5H2,1-2H3,(H,11,14)(H,15,16). The molecule has 0 spiro atoms. The molecule has 2 N–H and O–H groups in total. The number of nitrogens with zero attached hydrogens (tertiary/aromatic N) is 2. The van der Waals surface area contributed by atoms with Crippen molar-refractivity contribution in [1.82, 2.24) is 15.5 Å². The van der Waals surface area contributed by atoms with Crippen LogP contribution in [0, 0.1) is 12.8 Å². The number of carboxylic acids is 1. The third kappa shape index (κ3) is 3.30. The van der Waals surface area contributed by atoms with Crippen LogP contribution in [0.15, 0.2) is 12.3 Å². The van der Waals surface area contributed by atoms with Crippen LogP contribution in [-0.2, 0) is 4.79 Å². The highest BCUT2D eigenvalue weighted by atomic mass is 16.4. The van der Waals surface area contributed by atoms with E-state index in [4.69, 9.17) is 5.11 Å². The van der Waals surface area contributed by atoms with Gasteiger partial charge in [-0.25, -0.2) is 0 Å². The Balaban J connectivity index is 2.56. The van der Waals surface area contributed by atoms with Crippen LogP contribution < -0.4 is 5.32 Å². The van der Waals surface area contributed by atoms with Crippen LogP contribution in [0.1, 0.15) is 23.0 Å². The van der Waals surface area contributed by atoms with Crippen molar-refractivity contribution >= 4 is 11.9 Å². The van der Waals surface area contributed by atoms with E-state index in [1.807, 2.05) is 0 Å². The first-order chi connectivity index (χ1) is 7.50. The van der Waals surface area contributed by atoms with Gasteiger partial charge < -0.3 is 10.4 Å². The summed E-state index contributed by atoms with van der Waals surface area (Å²) in [6.07, 6.45) is 1.54. The summed E-state index contributed by atoms with van der Waals surface area (Å²) in [4.78, 5) is 22.0. The Morgan fingerprint density at radius 3 is 2.81 bits per heavy atom. The van der Waals surface area contributed by atoms with Gasteiger partial charge in [0.1, 0.15) is 0 Å². The van der Waals surface area contributed by atoms with E-state index in [0.29, 0.717) is 0 Å². The summed E-state index contributed by atoms with van der Waals surface area (Å²) in [5, 5.41) is 18.4. The zero-order chi connectivity index (χ0) is 12.1. The predicted octanol–water partition coefficient (Wildman–Crippen LogP) is 0.236. The van der Waals surface area contributed by atoms with Gasteiger partial charge in [0, 0.05) is 6.54 Å². The van der Waals surface area contributed by atoms with Crippen molar-refractivity contribution in [3.05, 3.63) is 23.5 Å². The van der Waals surface area contributed by atoms with E-state index < -0.39 is 17.8 Å². The van der Waals surface area contributed by atoms with Gasteiger partial charge in [0.25, 0.3) is 5.91 Å². The molecule has 1 aromatic heterocycles. The Bertz CT molecular complexity index is 406. The SMILES string of the molecule is Cc1cnnc(C(=O)NCC(C)C(=O)O)c1. The maximum atomic E-state index is 11.5. The number of rotatable bonds is 4. The maximum Gasteiger partial charge on any atom is 0.308 e. The molecule has 6 nitrogen and oxygen atoms in total. The number of carbonyl (C=O) groups is 2. The molecule has 0 aromatic carbocycles. The Labute approximate surface area is 92.7 Å². The molecule has 1 atom stereocenters. The monoisotopic (exact) mass is 223 g/mol. The van der Waals surface area contributed by atoms with Crippen LogP contribution in [0.2, 0.25) is 0 Å². The lowest BCUT2D eigenvalue weighted by molar-refractivity contribution is -0.140. The third-order valence-electron chi connectivity index (χ3n) is 2.01.